The van der Waals surface area contributed by atoms with Crippen LogP contribution in [0.25, 0.3) is 55.4 Å². The Labute approximate surface area is 231 Å². The molecule has 0 bridgehead atoms. The lowest BCUT2D eigenvalue weighted by atomic mass is 9.82. The highest BCUT2D eigenvalue weighted by Crippen LogP contribution is 2.42. The van der Waals surface area contributed by atoms with E-state index >= 15 is 0 Å². The molecule has 0 saturated heterocycles. The summed E-state index contributed by atoms with van der Waals surface area (Å²) < 4.78 is 0. The minimum atomic E-state index is -0.00339. The van der Waals surface area contributed by atoms with Gasteiger partial charge < -0.3 is 4.98 Å². The van der Waals surface area contributed by atoms with Gasteiger partial charge in [0.15, 0.2) is 0 Å². The van der Waals surface area contributed by atoms with Crippen molar-refractivity contribution in [2.45, 2.75) is 52.4 Å². The monoisotopic (exact) mass is 509 g/mol. The Balaban J connectivity index is 1.70. The molecule has 3 aromatic heterocycles. The van der Waals surface area contributed by atoms with Gasteiger partial charge in [-0.2, -0.15) is 0 Å². The lowest BCUT2D eigenvalue weighted by molar-refractivity contribution is 0.590. The number of pyridine rings is 2. The van der Waals surface area contributed by atoms with Crippen LogP contribution in [-0.4, -0.2) is 15.0 Å². The second kappa shape index (κ2) is 9.20. The molecule has 0 radical (unpaired) electrons. The first-order valence-corrected chi connectivity index (χ1v) is 13.7. The van der Waals surface area contributed by atoms with E-state index in [-0.39, 0.29) is 10.8 Å². The Bertz CT molecular complexity index is 1800. The van der Waals surface area contributed by atoms with E-state index in [9.17, 15) is 0 Å². The Morgan fingerprint density at radius 2 is 1.05 bits per heavy atom. The molecule has 6 rings (SSSR count). The first-order valence-electron chi connectivity index (χ1n) is 13.7. The van der Waals surface area contributed by atoms with E-state index in [2.05, 4.69) is 118 Å². The molecule has 194 valence electrons. The summed E-state index contributed by atoms with van der Waals surface area (Å²) in [5.41, 5.74) is 11.5. The van der Waals surface area contributed by atoms with E-state index in [1.54, 1.807) is 0 Å². The van der Waals surface area contributed by atoms with Gasteiger partial charge in [0.05, 0.1) is 22.4 Å². The number of rotatable bonds is 3. The van der Waals surface area contributed by atoms with Crippen molar-refractivity contribution in [2.24, 2.45) is 0 Å². The number of hydrogen-bond donors (Lipinski definition) is 1. The third kappa shape index (κ3) is 4.63. The molecule has 3 nitrogen and oxygen atoms in total. The summed E-state index contributed by atoms with van der Waals surface area (Å²) in [6.07, 6.45) is 3.73. The SMILES string of the molecule is CC(C)(C)c1cc(-c2cccc(-c3ccccn3)c2)c2[nH]c3c(-c4ccccn4)cc(C(C)(C)C)cc3c2c1. The van der Waals surface area contributed by atoms with Gasteiger partial charge in [0.2, 0.25) is 0 Å². The molecule has 0 unspecified atom stereocenters. The van der Waals surface area contributed by atoms with Crippen LogP contribution < -0.4 is 0 Å². The molecule has 0 fully saturated rings. The van der Waals surface area contributed by atoms with Gasteiger partial charge in [-0.3, -0.25) is 9.97 Å². The van der Waals surface area contributed by atoms with Crippen molar-refractivity contribution in [1.29, 1.82) is 0 Å². The quantitative estimate of drug-likeness (QED) is 0.258. The van der Waals surface area contributed by atoms with Gasteiger partial charge >= 0.3 is 0 Å². The maximum absolute atomic E-state index is 4.75. The van der Waals surface area contributed by atoms with Crippen molar-refractivity contribution in [3.8, 4) is 33.6 Å². The fourth-order valence-corrected chi connectivity index (χ4v) is 5.30. The van der Waals surface area contributed by atoms with Crippen LogP contribution in [0.2, 0.25) is 0 Å². The zero-order chi connectivity index (χ0) is 27.4. The number of hydrogen-bond acceptors (Lipinski definition) is 2. The number of aromatic amines is 1. The molecule has 6 aromatic rings. The van der Waals surface area contributed by atoms with Crippen molar-refractivity contribution in [2.75, 3.05) is 0 Å². The van der Waals surface area contributed by atoms with Crippen molar-refractivity contribution in [1.82, 2.24) is 15.0 Å². The molecular weight excluding hydrogens is 474 g/mol. The third-order valence-electron chi connectivity index (χ3n) is 7.62. The van der Waals surface area contributed by atoms with E-state index in [0.29, 0.717) is 0 Å². The van der Waals surface area contributed by atoms with Crippen LogP contribution in [0.1, 0.15) is 52.7 Å². The molecule has 0 aliphatic carbocycles. The molecule has 3 heteroatoms. The fourth-order valence-electron chi connectivity index (χ4n) is 5.30. The van der Waals surface area contributed by atoms with Crippen molar-refractivity contribution in [3.63, 3.8) is 0 Å². The lowest BCUT2D eigenvalue weighted by Crippen LogP contribution is -2.11. The van der Waals surface area contributed by atoms with Crippen molar-refractivity contribution >= 4 is 21.8 Å². The number of fused-ring (bicyclic) bond motifs is 3. The predicted octanol–water partition coefficient (Wildman–Crippen LogP) is 9.71. The van der Waals surface area contributed by atoms with Crippen LogP contribution in [0, 0.1) is 0 Å². The van der Waals surface area contributed by atoms with Gasteiger partial charge in [-0.1, -0.05) is 71.9 Å². The summed E-state index contributed by atoms with van der Waals surface area (Å²) in [5.74, 6) is 0. The van der Waals surface area contributed by atoms with Gasteiger partial charge in [-0.25, -0.2) is 0 Å². The zero-order valence-corrected chi connectivity index (χ0v) is 23.6. The fraction of sp³-hybridized carbons (Fsp3) is 0.222. The Morgan fingerprint density at radius 1 is 0.513 bits per heavy atom. The normalized spacial score (nSPS) is 12.4. The summed E-state index contributed by atoms with van der Waals surface area (Å²) in [6, 6.07) is 30.4. The predicted molar refractivity (Wildman–Crippen MR) is 165 cm³/mol. The van der Waals surface area contributed by atoms with Crippen LogP contribution in [0.4, 0.5) is 0 Å². The van der Waals surface area contributed by atoms with Crippen LogP contribution >= 0.6 is 0 Å². The maximum atomic E-state index is 4.75. The zero-order valence-electron chi connectivity index (χ0n) is 23.6. The highest BCUT2D eigenvalue weighted by Gasteiger charge is 2.23. The number of benzene rings is 3. The molecular formula is C36H35N3. The number of nitrogens with one attached hydrogen (secondary N) is 1. The molecule has 3 heterocycles. The molecule has 0 saturated carbocycles. The average Bonchev–Trinajstić information content (AvgIpc) is 3.31. The number of aromatic nitrogens is 3. The highest BCUT2D eigenvalue weighted by molar-refractivity contribution is 6.16. The van der Waals surface area contributed by atoms with Crippen molar-refractivity contribution < 1.29 is 0 Å². The van der Waals surface area contributed by atoms with E-state index in [0.717, 1.165) is 33.5 Å². The average molecular weight is 510 g/mol. The summed E-state index contributed by atoms with van der Waals surface area (Å²) in [6.45, 7) is 13.7. The van der Waals surface area contributed by atoms with Crippen LogP contribution in [-0.2, 0) is 10.8 Å². The van der Waals surface area contributed by atoms with E-state index in [4.69, 9.17) is 4.98 Å². The second-order valence-electron chi connectivity index (χ2n) is 12.5. The second-order valence-corrected chi connectivity index (χ2v) is 12.5. The standard InChI is InChI=1S/C36H35N3/c1-35(2,3)25-19-27(23-12-11-13-24(18-23)31-14-7-9-16-37-31)33-28(20-25)29-21-26(36(4,5)6)22-30(34(29)39-33)32-15-8-10-17-38-32/h7-22,39H,1-6H3. The maximum Gasteiger partial charge on any atom is 0.0723 e. The van der Waals surface area contributed by atoms with Crippen LogP contribution in [0.15, 0.2) is 97.3 Å². The van der Waals surface area contributed by atoms with E-state index < -0.39 is 0 Å². The number of nitrogens with zero attached hydrogens (tertiary/aromatic N) is 2. The summed E-state index contributed by atoms with van der Waals surface area (Å²) in [4.78, 5) is 13.2. The smallest absolute Gasteiger partial charge is 0.0723 e. The third-order valence-corrected chi connectivity index (χ3v) is 7.62. The summed E-state index contributed by atoms with van der Waals surface area (Å²) in [7, 11) is 0. The van der Waals surface area contributed by atoms with Crippen LogP contribution in [0.3, 0.4) is 0 Å². The summed E-state index contributed by atoms with van der Waals surface area (Å²) in [5, 5.41) is 2.49. The van der Waals surface area contributed by atoms with Gasteiger partial charge in [-0.15, -0.1) is 0 Å². The Hall–Kier alpha value is -4.24. The van der Waals surface area contributed by atoms with E-state index in [1.165, 1.54) is 33.0 Å². The molecule has 0 aliphatic heterocycles. The minimum Gasteiger partial charge on any atom is -0.353 e. The molecule has 39 heavy (non-hydrogen) atoms. The van der Waals surface area contributed by atoms with Gasteiger partial charge in [0.1, 0.15) is 0 Å². The van der Waals surface area contributed by atoms with Gasteiger partial charge in [0.25, 0.3) is 0 Å². The minimum absolute atomic E-state index is 0.00277. The highest BCUT2D eigenvalue weighted by atomic mass is 14.7. The largest absolute Gasteiger partial charge is 0.353 e. The first-order chi connectivity index (χ1) is 18.6. The Morgan fingerprint density at radius 3 is 1.62 bits per heavy atom. The topological polar surface area (TPSA) is 41.6 Å². The van der Waals surface area contributed by atoms with Crippen LogP contribution in [0.5, 0.6) is 0 Å². The summed E-state index contributed by atoms with van der Waals surface area (Å²) >= 11 is 0. The molecule has 1 N–H and O–H groups in total. The molecule has 0 spiro atoms. The molecule has 0 amide bonds. The molecule has 3 aromatic carbocycles. The molecule has 0 atom stereocenters. The first kappa shape index (κ1) is 25.1. The van der Waals surface area contributed by atoms with Crippen molar-refractivity contribution in [3.05, 3.63) is 108 Å². The van der Waals surface area contributed by atoms with Gasteiger partial charge in [-0.05, 0) is 82.1 Å². The molecule has 0 aliphatic rings. The number of H-pyrrole nitrogens is 1. The Kier molecular flexibility index (Phi) is 5.91. The van der Waals surface area contributed by atoms with E-state index in [1.807, 2.05) is 30.6 Å². The van der Waals surface area contributed by atoms with Gasteiger partial charge in [0, 0.05) is 39.9 Å². The lowest BCUT2D eigenvalue weighted by Gasteiger charge is -2.22.